The Morgan fingerprint density at radius 1 is 1.69 bits per heavy atom. The molecule has 0 spiro atoms. The second-order valence-electron chi connectivity index (χ2n) is 4.58. The van der Waals surface area contributed by atoms with E-state index in [9.17, 15) is 4.79 Å². The smallest absolute Gasteiger partial charge is 0.323 e. The molecule has 0 radical (unpaired) electrons. The fourth-order valence-electron chi connectivity index (χ4n) is 1.91. The summed E-state index contributed by atoms with van der Waals surface area (Å²) in [6, 6.07) is 0. The van der Waals surface area contributed by atoms with Gasteiger partial charge in [0, 0.05) is 26.7 Å². The number of likely N-dealkylation sites (tertiary alicyclic amines) is 1. The Morgan fingerprint density at radius 3 is 2.81 bits per heavy atom. The van der Waals surface area contributed by atoms with Crippen molar-refractivity contribution in [3.8, 4) is 0 Å². The third-order valence-electron chi connectivity index (χ3n) is 3.51. The molecule has 1 fully saturated rings. The fourth-order valence-corrected chi connectivity index (χ4v) is 1.91. The van der Waals surface area contributed by atoms with E-state index in [1.54, 1.807) is 21.1 Å². The number of nitrogens with zero attached hydrogens (tertiary/aromatic N) is 1. The Morgan fingerprint density at radius 2 is 2.38 bits per heavy atom. The van der Waals surface area contributed by atoms with Crippen molar-refractivity contribution in [2.24, 2.45) is 0 Å². The molecule has 16 heavy (non-hydrogen) atoms. The van der Waals surface area contributed by atoms with Crippen molar-refractivity contribution < 1.29 is 14.6 Å². The lowest BCUT2D eigenvalue weighted by Crippen LogP contribution is -2.49. The van der Waals surface area contributed by atoms with Gasteiger partial charge in [-0.1, -0.05) is 0 Å². The van der Waals surface area contributed by atoms with E-state index < -0.39 is 11.5 Å². The van der Waals surface area contributed by atoms with Gasteiger partial charge < -0.3 is 20.1 Å². The Kier molecular flexibility index (Phi) is 4.70. The molecule has 0 saturated carbocycles. The Bertz CT molecular complexity index is 247. The maximum absolute atomic E-state index is 11.1. The van der Waals surface area contributed by atoms with E-state index >= 15 is 0 Å². The summed E-state index contributed by atoms with van der Waals surface area (Å²) in [5, 5.41) is 12.0. The number of aliphatic carboxylic acids is 1. The molecule has 1 aliphatic rings. The number of methoxy groups -OCH3 is 1. The molecular weight excluding hydrogens is 208 g/mol. The van der Waals surface area contributed by atoms with Crippen LogP contribution in [-0.2, 0) is 9.53 Å². The average Bonchev–Trinajstić information content (AvgIpc) is 2.73. The summed E-state index contributed by atoms with van der Waals surface area (Å²) in [5.41, 5.74) is -0.828. The van der Waals surface area contributed by atoms with Gasteiger partial charge in [0.2, 0.25) is 0 Å². The first-order valence-corrected chi connectivity index (χ1v) is 5.69. The number of hydrogen-bond acceptors (Lipinski definition) is 4. The first-order valence-electron chi connectivity index (χ1n) is 5.69. The summed E-state index contributed by atoms with van der Waals surface area (Å²) in [6.07, 6.45) is 1.96. The van der Waals surface area contributed by atoms with Crippen molar-refractivity contribution in [3.63, 3.8) is 0 Å². The van der Waals surface area contributed by atoms with E-state index in [4.69, 9.17) is 9.84 Å². The lowest BCUT2D eigenvalue weighted by molar-refractivity contribution is -0.144. The van der Waals surface area contributed by atoms with E-state index in [0.29, 0.717) is 12.5 Å². The fraction of sp³-hybridized carbons (Fsp3) is 0.909. The second kappa shape index (κ2) is 5.61. The molecule has 2 N–H and O–H groups in total. The van der Waals surface area contributed by atoms with Crippen molar-refractivity contribution in [2.75, 3.05) is 33.8 Å². The minimum Gasteiger partial charge on any atom is -0.480 e. The van der Waals surface area contributed by atoms with Gasteiger partial charge in [0.1, 0.15) is 5.54 Å². The standard InChI is InChI=1S/C11H22N2O3/c1-11(12-2,10(14)15)5-7-13-6-4-9(8-13)16-3/h9,12H,4-8H2,1-3H3,(H,14,15). The minimum absolute atomic E-state index is 0.311. The Labute approximate surface area is 96.8 Å². The zero-order valence-corrected chi connectivity index (χ0v) is 10.3. The maximum Gasteiger partial charge on any atom is 0.323 e. The van der Waals surface area contributed by atoms with Crippen LogP contribution in [0.1, 0.15) is 19.8 Å². The zero-order chi connectivity index (χ0) is 12.2. The summed E-state index contributed by atoms with van der Waals surface area (Å²) in [5.74, 6) is -0.794. The SMILES string of the molecule is CNC(C)(CCN1CCC(OC)C1)C(=O)O. The van der Waals surface area contributed by atoms with Crippen LogP contribution >= 0.6 is 0 Å². The first-order chi connectivity index (χ1) is 7.51. The lowest BCUT2D eigenvalue weighted by Gasteiger charge is -2.26. The molecule has 1 heterocycles. The number of carboxylic acids is 1. The first kappa shape index (κ1) is 13.4. The highest BCUT2D eigenvalue weighted by Gasteiger charge is 2.32. The highest BCUT2D eigenvalue weighted by molar-refractivity contribution is 5.78. The number of likely N-dealkylation sites (N-methyl/N-ethyl adjacent to an activating group) is 1. The predicted molar refractivity (Wildman–Crippen MR) is 61.6 cm³/mol. The van der Waals surface area contributed by atoms with E-state index in [0.717, 1.165) is 26.1 Å². The number of ether oxygens (including phenoxy) is 1. The maximum atomic E-state index is 11.1. The van der Waals surface area contributed by atoms with Gasteiger partial charge in [-0.15, -0.1) is 0 Å². The third kappa shape index (κ3) is 3.17. The van der Waals surface area contributed by atoms with Crippen LogP contribution < -0.4 is 5.32 Å². The van der Waals surface area contributed by atoms with Gasteiger partial charge in [0.25, 0.3) is 0 Å². The van der Waals surface area contributed by atoms with E-state index in [2.05, 4.69) is 10.2 Å². The largest absolute Gasteiger partial charge is 0.480 e. The molecule has 0 aromatic carbocycles. The van der Waals surface area contributed by atoms with Crippen molar-refractivity contribution in [3.05, 3.63) is 0 Å². The molecule has 1 rings (SSSR count). The summed E-state index contributed by atoms with van der Waals surface area (Å²) in [6.45, 7) is 4.43. The molecule has 5 heteroatoms. The van der Waals surface area contributed by atoms with E-state index in [-0.39, 0.29) is 0 Å². The van der Waals surface area contributed by atoms with Gasteiger partial charge in [0.05, 0.1) is 6.10 Å². The van der Waals surface area contributed by atoms with Crippen LogP contribution in [0.2, 0.25) is 0 Å². The number of nitrogens with one attached hydrogen (secondary N) is 1. The molecule has 1 saturated heterocycles. The van der Waals surface area contributed by atoms with Gasteiger partial charge in [-0.2, -0.15) is 0 Å². The highest BCUT2D eigenvalue weighted by atomic mass is 16.5. The minimum atomic E-state index is -0.828. The molecular formula is C11H22N2O3. The molecule has 5 nitrogen and oxygen atoms in total. The van der Waals surface area contributed by atoms with Crippen molar-refractivity contribution in [1.29, 1.82) is 0 Å². The van der Waals surface area contributed by atoms with E-state index in [1.165, 1.54) is 0 Å². The molecule has 0 bridgehead atoms. The Hall–Kier alpha value is -0.650. The highest BCUT2D eigenvalue weighted by Crippen LogP contribution is 2.16. The molecule has 0 aromatic heterocycles. The lowest BCUT2D eigenvalue weighted by atomic mass is 9.98. The molecule has 94 valence electrons. The van der Waals surface area contributed by atoms with Crippen LogP contribution in [0.15, 0.2) is 0 Å². The van der Waals surface area contributed by atoms with Gasteiger partial charge in [-0.05, 0) is 26.8 Å². The zero-order valence-electron chi connectivity index (χ0n) is 10.3. The van der Waals surface area contributed by atoms with Gasteiger partial charge in [0.15, 0.2) is 0 Å². The quantitative estimate of drug-likeness (QED) is 0.680. The van der Waals surface area contributed by atoms with Crippen molar-refractivity contribution in [1.82, 2.24) is 10.2 Å². The van der Waals surface area contributed by atoms with Crippen LogP contribution in [-0.4, -0.2) is 61.4 Å². The van der Waals surface area contributed by atoms with Crippen LogP contribution in [0.3, 0.4) is 0 Å². The normalized spacial score (nSPS) is 25.6. The molecule has 0 aliphatic carbocycles. The molecule has 2 atom stereocenters. The molecule has 0 amide bonds. The molecule has 2 unspecified atom stereocenters. The summed E-state index contributed by atoms with van der Waals surface area (Å²) in [7, 11) is 3.42. The monoisotopic (exact) mass is 230 g/mol. The van der Waals surface area contributed by atoms with Crippen LogP contribution in [0.4, 0.5) is 0 Å². The summed E-state index contributed by atoms with van der Waals surface area (Å²) >= 11 is 0. The van der Waals surface area contributed by atoms with Gasteiger partial charge in [-0.25, -0.2) is 0 Å². The number of rotatable bonds is 6. The third-order valence-corrected chi connectivity index (χ3v) is 3.51. The number of carboxylic acid groups (broad SMARTS) is 1. The predicted octanol–water partition coefficient (Wildman–Crippen LogP) is 0.160. The molecule has 1 aliphatic heterocycles. The van der Waals surface area contributed by atoms with Crippen LogP contribution in [0.25, 0.3) is 0 Å². The van der Waals surface area contributed by atoms with Gasteiger partial charge >= 0.3 is 5.97 Å². The van der Waals surface area contributed by atoms with Gasteiger partial charge in [-0.3, -0.25) is 4.79 Å². The average molecular weight is 230 g/mol. The van der Waals surface area contributed by atoms with Crippen molar-refractivity contribution >= 4 is 5.97 Å². The summed E-state index contributed by atoms with van der Waals surface area (Å²) < 4.78 is 5.27. The van der Waals surface area contributed by atoms with E-state index in [1.807, 2.05) is 0 Å². The Balaban J connectivity index is 2.37. The van der Waals surface area contributed by atoms with Crippen molar-refractivity contribution in [2.45, 2.75) is 31.4 Å². The van der Waals surface area contributed by atoms with Crippen LogP contribution in [0, 0.1) is 0 Å². The number of carbonyl (C=O) groups is 1. The number of hydrogen-bond donors (Lipinski definition) is 2. The molecule has 0 aromatic rings. The summed E-state index contributed by atoms with van der Waals surface area (Å²) in [4.78, 5) is 13.3. The topological polar surface area (TPSA) is 61.8 Å². The second-order valence-corrected chi connectivity index (χ2v) is 4.58. The van der Waals surface area contributed by atoms with Crippen LogP contribution in [0.5, 0.6) is 0 Å².